The number of aromatic nitrogens is 3. The van der Waals surface area contributed by atoms with Crippen LogP contribution in [0.2, 0.25) is 10.0 Å². The van der Waals surface area contributed by atoms with Crippen molar-refractivity contribution in [2.45, 2.75) is 23.9 Å². The molecule has 0 aliphatic carbocycles. The number of hydrogen-bond donors (Lipinski definition) is 2. The monoisotopic (exact) mass is 539 g/mol. The average Bonchev–Trinajstić information content (AvgIpc) is 3.26. The molecule has 1 aliphatic rings. The summed E-state index contributed by atoms with van der Waals surface area (Å²) in [7, 11) is 0. The summed E-state index contributed by atoms with van der Waals surface area (Å²) >= 11 is 13.6. The number of rotatable bonds is 6. The molecule has 3 aromatic carbocycles. The summed E-state index contributed by atoms with van der Waals surface area (Å²) in [6, 6.07) is 20.5. The fourth-order valence-electron chi connectivity index (χ4n) is 3.97. The fourth-order valence-corrected chi connectivity index (χ4v) is 5.27. The first-order valence-electron chi connectivity index (χ1n) is 11.0. The van der Waals surface area contributed by atoms with Gasteiger partial charge in [-0.25, -0.2) is 9.07 Å². The molecule has 1 aromatic heterocycles. The first-order chi connectivity index (χ1) is 17.4. The molecule has 0 unspecified atom stereocenters. The lowest BCUT2D eigenvalue weighted by Crippen LogP contribution is -2.31. The van der Waals surface area contributed by atoms with Gasteiger partial charge in [-0.3, -0.25) is 4.79 Å². The van der Waals surface area contributed by atoms with Crippen LogP contribution in [0.5, 0.6) is 0 Å². The summed E-state index contributed by atoms with van der Waals surface area (Å²) in [5.41, 5.74) is 3.03. The summed E-state index contributed by atoms with van der Waals surface area (Å²) in [4.78, 5) is 18.1. The van der Waals surface area contributed by atoms with E-state index in [-0.39, 0.29) is 17.5 Å². The Kier molecular flexibility index (Phi) is 7.00. The van der Waals surface area contributed by atoms with Crippen LogP contribution in [0.1, 0.15) is 24.1 Å². The molecule has 5 rings (SSSR count). The van der Waals surface area contributed by atoms with Crippen LogP contribution in [0.4, 0.5) is 16.0 Å². The quantitative estimate of drug-likeness (QED) is 0.259. The van der Waals surface area contributed by atoms with Crippen molar-refractivity contribution in [1.29, 1.82) is 0 Å². The third-order valence-electron chi connectivity index (χ3n) is 5.70. The molecule has 2 N–H and O–H groups in total. The number of allylic oxidation sites excluding steroid dienone is 1. The summed E-state index contributed by atoms with van der Waals surface area (Å²) in [5.74, 6) is 0.0907. The van der Waals surface area contributed by atoms with Crippen LogP contribution in [0.3, 0.4) is 0 Å². The predicted molar refractivity (Wildman–Crippen MR) is 142 cm³/mol. The minimum atomic E-state index is -0.555. The average molecular weight is 540 g/mol. The topological polar surface area (TPSA) is 71.8 Å². The Labute approximate surface area is 221 Å². The van der Waals surface area contributed by atoms with Gasteiger partial charge in [-0.15, -0.1) is 5.10 Å². The van der Waals surface area contributed by atoms with E-state index in [1.54, 1.807) is 28.9 Å². The van der Waals surface area contributed by atoms with Crippen LogP contribution in [-0.2, 0) is 10.5 Å². The van der Waals surface area contributed by atoms with Crippen molar-refractivity contribution in [3.8, 4) is 0 Å². The molecule has 1 aliphatic heterocycles. The number of amides is 1. The molecule has 1 atom stereocenters. The highest BCUT2D eigenvalue weighted by Crippen LogP contribution is 2.37. The van der Waals surface area contributed by atoms with Crippen molar-refractivity contribution in [3.63, 3.8) is 0 Å². The van der Waals surface area contributed by atoms with Gasteiger partial charge in [-0.2, -0.15) is 4.98 Å². The van der Waals surface area contributed by atoms with Crippen molar-refractivity contribution >= 4 is 52.5 Å². The molecule has 182 valence electrons. The highest BCUT2D eigenvalue weighted by atomic mass is 35.5. The molecule has 4 aromatic rings. The standard InChI is InChI=1S/C26H20Cl2FN5OS/c1-15-22(24(35)31-18-6-3-2-4-7-18)23(16-10-12-17(27)13-11-16)34-25(30-15)32-26(33-34)36-14-19-20(28)8-5-9-21(19)29/h2-13,23H,14H2,1H3,(H,31,35)(H,30,32,33)/t23-/m1/s1. The molecular formula is C26H20Cl2FN5OS. The maximum Gasteiger partial charge on any atom is 0.255 e. The molecule has 10 heteroatoms. The SMILES string of the molecule is CC1=C(C(=O)Nc2ccccc2)[C@@H](c2ccc(Cl)cc2)n2nc(SCc3c(F)cccc3Cl)nc2N1. The number of benzene rings is 3. The maximum atomic E-state index is 14.2. The third-order valence-corrected chi connectivity index (χ3v) is 7.17. The molecule has 6 nitrogen and oxygen atoms in total. The molecule has 1 amide bonds. The number of thioether (sulfide) groups is 1. The van der Waals surface area contributed by atoms with Gasteiger partial charge < -0.3 is 10.6 Å². The van der Waals surface area contributed by atoms with Gasteiger partial charge in [0.2, 0.25) is 11.1 Å². The van der Waals surface area contributed by atoms with Gasteiger partial charge in [0.25, 0.3) is 5.91 Å². The van der Waals surface area contributed by atoms with Crippen molar-refractivity contribution in [3.05, 3.63) is 111 Å². The van der Waals surface area contributed by atoms with E-state index < -0.39 is 6.04 Å². The zero-order chi connectivity index (χ0) is 25.2. The number of anilines is 2. The minimum absolute atomic E-state index is 0.258. The second-order valence-electron chi connectivity index (χ2n) is 8.09. The lowest BCUT2D eigenvalue weighted by molar-refractivity contribution is -0.113. The Morgan fingerprint density at radius 2 is 1.83 bits per heavy atom. The molecule has 0 fully saturated rings. The van der Waals surface area contributed by atoms with Crippen LogP contribution < -0.4 is 10.6 Å². The highest BCUT2D eigenvalue weighted by Gasteiger charge is 2.34. The van der Waals surface area contributed by atoms with E-state index in [2.05, 4.69) is 20.7 Å². The second kappa shape index (κ2) is 10.3. The molecule has 0 saturated carbocycles. The van der Waals surface area contributed by atoms with Gasteiger partial charge in [-0.05, 0) is 48.9 Å². The molecule has 0 bridgehead atoms. The van der Waals surface area contributed by atoms with Crippen molar-refractivity contribution < 1.29 is 9.18 Å². The summed E-state index contributed by atoms with van der Waals surface area (Å²) in [5, 5.41) is 12.2. The van der Waals surface area contributed by atoms with Crippen molar-refractivity contribution in [2.75, 3.05) is 10.6 Å². The molecule has 2 heterocycles. The van der Waals surface area contributed by atoms with E-state index in [9.17, 15) is 9.18 Å². The van der Waals surface area contributed by atoms with E-state index in [4.69, 9.17) is 23.2 Å². The van der Waals surface area contributed by atoms with Gasteiger partial charge in [-0.1, -0.05) is 71.4 Å². The van der Waals surface area contributed by atoms with E-state index in [0.717, 1.165) is 5.56 Å². The van der Waals surface area contributed by atoms with Gasteiger partial charge in [0.15, 0.2) is 0 Å². The Bertz CT molecular complexity index is 1440. The van der Waals surface area contributed by atoms with Gasteiger partial charge in [0.05, 0.1) is 5.57 Å². The Morgan fingerprint density at radius 1 is 1.08 bits per heavy atom. The van der Waals surface area contributed by atoms with Gasteiger partial charge in [0.1, 0.15) is 11.9 Å². The molecule has 0 saturated heterocycles. The van der Waals surface area contributed by atoms with E-state index in [1.807, 2.05) is 49.4 Å². The lowest BCUT2D eigenvalue weighted by atomic mass is 9.95. The summed E-state index contributed by atoms with van der Waals surface area (Å²) in [6.45, 7) is 1.83. The smallest absolute Gasteiger partial charge is 0.255 e. The predicted octanol–water partition coefficient (Wildman–Crippen LogP) is 6.94. The van der Waals surface area contributed by atoms with Gasteiger partial charge >= 0.3 is 0 Å². The van der Waals surface area contributed by atoms with Gasteiger partial charge in [0, 0.05) is 32.7 Å². The van der Waals surface area contributed by atoms with E-state index in [0.29, 0.717) is 43.7 Å². The van der Waals surface area contributed by atoms with Crippen LogP contribution in [0, 0.1) is 5.82 Å². The molecule has 36 heavy (non-hydrogen) atoms. The number of fused-ring (bicyclic) bond motifs is 1. The lowest BCUT2D eigenvalue weighted by Gasteiger charge is -2.28. The van der Waals surface area contributed by atoms with E-state index in [1.165, 1.54) is 17.8 Å². The van der Waals surface area contributed by atoms with Crippen molar-refractivity contribution in [2.24, 2.45) is 0 Å². The summed E-state index contributed by atoms with van der Waals surface area (Å²) < 4.78 is 15.9. The Morgan fingerprint density at radius 3 is 2.56 bits per heavy atom. The zero-order valence-electron chi connectivity index (χ0n) is 19.0. The number of nitrogens with one attached hydrogen (secondary N) is 2. The molecule has 0 radical (unpaired) electrons. The first-order valence-corrected chi connectivity index (χ1v) is 12.8. The Balaban J connectivity index is 1.49. The zero-order valence-corrected chi connectivity index (χ0v) is 21.3. The van der Waals surface area contributed by atoms with Crippen LogP contribution in [0.25, 0.3) is 0 Å². The van der Waals surface area contributed by atoms with E-state index >= 15 is 0 Å². The number of halogens is 3. The number of para-hydroxylation sites is 1. The summed E-state index contributed by atoms with van der Waals surface area (Å²) in [6.07, 6.45) is 0. The first kappa shape index (κ1) is 24.4. The molecule has 0 spiro atoms. The molecular weight excluding hydrogens is 520 g/mol. The minimum Gasteiger partial charge on any atom is -0.328 e. The largest absolute Gasteiger partial charge is 0.328 e. The van der Waals surface area contributed by atoms with Crippen LogP contribution in [0.15, 0.2) is 89.2 Å². The van der Waals surface area contributed by atoms with Crippen LogP contribution >= 0.6 is 35.0 Å². The van der Waals surface area contributed by atoms with Crippen LogP contribution in [-0.4, -0.2) is 20.7 Å². The second-order valence-corrected chi connectivity index (χ2v) is 9.88. The maximum absolute atomic E-state index is 14.2. The van der Waals surface area contributed by atoms with Crippen molar-refractivity contribution in [1.82, 2.24) is 14.8 Å². The highest BCUT2D eigenvalue weighted by molar-refractivity contribution is 7.98. The number of carbonyl (C=O) groups excluding carboxylic acids is 1. The number of nitrogens with zero attached hydrogens (tertiary/aromatic N) is 3. The number of hydrogen-bond acceptors (Lipinski definition) is 5. The third kappa shape index (κ3) is 4.97. The number of carbonyl (C=O) groups is 1. The Hall–Kier alpha value is -3.33. The fraction of sp³-hybridized carbons (Fsp3) is 0.115. The normalized spacial score (nSPS) is 14.8.